The lowest BCUT2D eigenvalue weighted by Crippen LogP contribution is -2.23. The van der Waals surface area contributed by atoms with Gasteiger partial charge in [0.05, 0.1) is 5.75 Å². The van der Waals surface area contributed by atoms with Gasteiger partial charge in [-0.2, -0.15) is 0 Å². The Kier molecular flexibility index (Phi) is 4.79. The Labute approximate surface area is 104 Å². The molecule has 0 aliphatic rings. The van der Waals surface area contributed by atoms with E-state index in [2.05, 4.69) is 15.6 Å². The molecule has 1 rings (SSSR count). The van der Waals surface area contributed by atoms with Gasteiger partial charge in [0.1, 0.15) is 0 Å². The van der Waals surface area contributed by atoms with Crippen molar-refractivity contribution >= 4 is 21.7 Å². The summed E-state index contributed by atoms with van der Waals surface area (Å²) in [7, 11) is -3.64. The highest BCUT2D eigenvalue weighted by Crippen LogP contribution is 2.18. The zero-order valence-corrected chi connectivity index (χ0v) is 10.5. The van der Waals surface area contributed by atoms with Crippen molar-refractivity contribution in [2.45, 2.75) is 6.92 Å². The maximum absolute atomic E-state index is 13.3. The number of aromatic nitrogens is 1. The van der Waals surface area contributed by atoms with Crippen molar-refractivity contribution in [1.82, 2.24) is 4.98 Å². The third-order valence-corrected chi connectivity index (χ3v) is 2.73. The second-order valence-electron chi connectivity index (χ2n) is 3.47. The standard InChI is InChI=1S/C9H14F2N4O2S/c1-2-13-8-6(10)5-7(11)9(15-8)14-3-4-18(12,16)17/h5H,2-4H2,1H3,(H2,12,16,17)(H2,13,14,15). The number of nitrogens with two attached hydrogens (primary N) is 1. The van der Waals surface area contributed by atoms with Gasteiger partial charge in [-0.05, 0) is 6.92 Å². The number of halogens is 2. The van der Waals surface area contributed by atoms with Gasteiger partial charge in [0.15, 0.2) is 23.3 Å². The van der Waals surface area contributed by atoms with E-state index in [0.717, 1.165) is 0 Å². The summed E-state index contributed by atoms with van der Waals surface area (Å²) in [5.41, 5.74) is 0. The molecule has 0 aliphatic heterocycles. The maximum Gasteiger partial charge on any atom is 0.210 e. The summed E-state index contributed by atoms with van der Waals surface area (Å²) in [5, 5.41) is 9.84. The van der Waals surface area contributed by atoms with E-state index in [1.165, 1.54) is 0 Å². The monoisotopic (exact) mass is 280 g/mol. The van der Waals surface area contributed by atoms with E-state index in [-0.39, 0.29) is 23.9 Å². The molecule has 102 valence electrons. The van der Waals surface area contributed by atoms with Gasteiger partial charge in [-0.3, -0.25) is 0 Å². The van der Waals surface area contributed by atoms with E-state index in [0.29, 0.717) is 12.6 Å². The Hall–Kier alpha value is -1.48. The number of hydrogen-bond donors (Lipinski definition) is 3. The fourth-order valence-corrected chi connectivity index (χ4v) is 1.58. The molecule has 1 aromatic rings. The molecule has 1 aromatic heterocycles. The molecule has 0 bridgehead atoms. The first-order valence-corrected chi connectivity index (χ1v) is 6.89. The Morgan fingerprint density at radius 2 is 1.83 bits per heavy atom. The lowest BCUT2D eigenvalue weighted by atomic mass is 10.4. The molecule has 0 aliphatic carbocycles. The van der Waals surface area contributed by atoms with Crippen LogP contribution in [0.4, 0.5) is 20.4 Å². The normalized spacial score (nSPS) is 11.3. The SMILES string of the molecule is CCNc1nc(NCCS(N)(=O)=O)c(F)cc1F. The summed E-state index contributed by atoms with van der Waals surface area (Å²) in [6, 6.07) is 0.671. The van der Waals surface area contributed by atoms with Crippen LogP contribution in [0.3, 0.4) is 0 Å². The fourth-order valence-electron chi connectivity index (χ4n) is 1.19. The molecule has 0 radical (unpaired) electrons. The van der Waals surface area contributed by atoms with Crippen LogP contribution < -0.4 is 15.8 Å². The van der Waals surface area contributed by atoms with Crippen LogP contribution in [-0.2, 0) is 10.0 Å². The summed E-state index contributed by atoms with van der Waals surface area (Å²) in [6.07, 6.45) is 0. The molecular formula is C9H14F2N4O2S. The summed E-state index contributed by atoms with van der Waals surface area (Å²) in [5.74, 6) is -2.41. The van der Waals surface area contributed by atoms with Crippen molar-refractivity contribution in [3.8, 4) is 0 Å². The third kappa shape index (κ3) is 4.41. The largest absolute Gasteiger partial charge is 0.368 e. The fraction of sp³-hybridized carbons (Fsp3) is 0.444. The van der Waals surface area contributed by atoms with Gasteiger partial charge >= 0.3 is 0 Å². The first-order valence-electron chi connectivity index (χ1n) is 5.17. The van der Waals surface area contributed by atoms with E-state index in [1.54, 1.807) is 6.92 Å². The van der Waals surface area contributed by atoms with Crippen molar-refractivity contribution < 1.29 is 17.2 Å². The van der Waals surface area contributed by atoms with E-state index in [9.17, 15) is 17.2 Å². The van der Waals surface area contributed by atoms with Crippen LogP contribution in [-0.4, -0.2) is 32.2 Å². The smallest absolute Gasteiger partial charge is 0.210 e. The van der Waals surface area contributed by atoms with Gasteiger partial charge in [-0.25, -0.2) is 27.3 Å². The molecule has 0 saturated heterocycles. The third-order valence-electron chi connectivity index (χ3n) is 1.95. The van der Waals surface area contributed by atoms with Crippen molar-refractivity contribution in [2.24, 2.45) is 5.14 Å². The number of anilines is 2. The van der Waals surface area contributed by atoms with Crippen molar-refractivity contribution in [3.63, 3.8) is 0 Å². The summed E-state index contributed by atoms with van der Waals surface area (Å²) in [6.45, 7) is 2.05. The maximum atomic E-state index is 13.3. The quantitative estimate of drug-likeness (QED) is 0.704. The van der Waals surface area contributed by atoms with Crippen LogP contribution in [0.5, 0.6) is 0 Å². The molecule has 9 heteroatoms. The second-order valence-corrected chi connectivity index (χ2v) is 5.21. The Morgan fingerprint density at radius 3 is 2.33 bits per heavy atom. The zero-order chi connectivity index (χ0) is 13.8. The minimum absolute atomic E-state index is 0.1000. The van der Waals surface area contributed by atoms with Gasteiger partial charge in [-0.15, -0.1) is 0 Å². The number of sulfonamides is 1. The molecule has 0 atom stereocenters. The zero-order valence-electron chi connectivity index (χ0n) is 9.70. The lowest BCUT2D eigenvalue weighted by molar-refractivity contribution is 0.577. The highest BCUT2D eigenvalue weighted by molar-refractivity contribution is 7.89. The van der Waals surface area contributed by atoms with Crippen LogP contribution >= 0.6 is 0 Å². The number of hydrogen-bond acceptors (Lipinski definition) is 5. The summed E-state index contributed by atoms with van der Waals surface area (Å²) in [4.78, 5) is 3.67. The second kappa shape index (κ2) is 5.91. The molecule has 0 unspecified atom stereocenters. The van der Waals surface area contributed by atoms with E-state index >= 15 is 0 Å². The average molecular weight is 280 g/mol. The minimum atomic E-state index is -3.64. The minimum Gasteiger partial charge on any atom is -0.368 e. The lowest BCUT2D eigenvalue weighted by Gasteiger charge is -2.09. The first kappa shape index (κ1) is 14.6. The van der Waals surface area contributed by atoms with Gasteiger partial charge in [-0.1, -0.05) is 0 Å². The van der Waals surface area contributed by atoms with E-state index in [4.69, 9.17) is 5.14 Å². The summed E-state index contributed by atoms with van der Waals surface area (Å²) >= 11 is 0. The number of rotatable bonds is 6. The number of nitrogens with one attached hydrogen (secondary N) is 2. The molecular weight excluding hydrogens is 266 g/mol. The molecule has 0 spiro atoms. The van der Waals surface area contributed by atoms with Gasteiger partial charge < -0.3 is 10.6 Å². The van der Waals surface area contributed by atoms with Crippen molar-refractivity contribution in [3.05, 3.63) is 17.7 Å². The van der Waals surface area contributed by atoms with Gasteiger partial charge in [0, 0.05) is 19.2 Å². The van der Waals surface area contributed by atoms with Gasteiger partial charge in [0.25, 0.3) is 0 Å². The Bertz CT molecular complexity index is 522. The molecule has 4 N–H and O–H groups in total. The van der Waals surface area contributed by atoms with Crippen LogP contribution in [0.15, 0.2) is 6.07 Å². The molecule has 0 aromatic carbocycles. The van der Waals surface area contributed by atoms with E-state index < -0.39 is 21.7 Å². The highest BCUT2D eigenvalue weighted by atomic mass is 32.2. The number of nitrogens with zero attached hydrogens (tertiary/aromatic N) is 1. The summed E-state index contributed by atoms with van der Waals surface area (Å²) < 4.78 is 47.9. The predicted octanol–water partition coefficient (Wildman–Crippen LogP) is 0.492. The van der Waals surface area contributed by atoms with Crippen LogP contribution in [0.1, 0.15) is 6.92 Å². The van der Waals surface area contributed by atoms with Crippen molar-refractivity contribution in [1.29, 1.82) is 0 Å². The Morgan fingerprint density at radius 1 is 1.28 bits per heavy atom. The van der Waals surface area contributed by atoms with Gasteiger partial charge in [0.2, 0.25) is 10.0 Å². The molecule has 18 heavy (non-hydrogen) atoms. The first-order chi connectivity index (χ1) is 8.33. The predicted molar refractivity (Wildman–Crippen MR) is 64.8 cm³/mol. The highest BCUT2D eigenvalue weighted by Gasteiger charge is 2.11. The topological polar surface area (TPSA) is 97.1 Å². The molecule has 0 amide bonds. The Balaban J connectivity index is 2.79. The number of pyridine rings is 1. The average Bonchev–Trinajstić information content (AvgIpc) is 2.23. The molecule has 0 fully saturated rings. The molecule has 1 heterocycles. The van der Waals surface area contributed by atoms with Crippen LogP contribution in [0.2, 0.25) is 0 Å². The molecule has 6 nitrogen and oxygen atoms in total. The number of primary sulfonamides is 1. The van der Waals surface area contributed by atoms with Crippen LogP contribution in [0, 0.1) is 11.6 Å². The van der Waals surface area contributed by atoms with Crippen LogP contribution in [0.25, 0.3) is 0 Å². The van der Waals surface area contributed by atoms with Crippen molar-refractivity contribution in [2.75, 3.05) is 29.5 Å². The molecule has 0 saturated carbocycles. The van der Waals surface area contributed by atoms with E-state index in [1.807, 2.05) is 0 Å².